The second kappa shape index (κ2) is 6.01. The molecule has 3 aromatic rings. The Bertz CT molecular complexity index is 752. The van der Waals surface area contributed by atoms with Crippen LogP contribution in [0, 0.1) is 0 Å². The Morgan fingerprint density at radius 3 is 2.10 bits per heavy atom. The molecule has 0 amide bonds. The van der Waals surface area contributed by atoms with Gasteiger partial charge in [0.2, 0.25) is 11.9 Å². The molecule has 3 heteroatoms. The molecule has 0 aliphatic carbocycles. The van der Waals surface area contributed by atoms with E-state index in [-0.39, 0.29) is 5.90 Å². The van der Waals surface area contributed by atoms with Crippen LogP contribution < -0.4 is 9.78 Å². The van der Waals surface area contributed by atoms with Crippen LogP contribution in [-0.4, -0.2) is 5.90 Å². The molecule has 1 heterocycles. The summed E-state index contributed by atoms with van der Waals surface area (Å²) in [7, 11) is 0. The van der Waals surface area contributed by atoms with Crippen molar-refractivity contribution >= 4 is 5.90 Å². The number of hydrogen-bond donors (Lipinski definition) is 0. The second-order valence-corrected chi connectivity index (χ2v) is 4.57. The van der Waals surface area contributed by atoms with Crippen molar-refractivity contribution in [2.24, 2.45) is 5.10 Å². The van der Waals surface area contributed by atoms with Gasteiger partial charge in [-0.05, 0) is 28.9 Å². The molecular formula is C18H14N2O. The largest absolute Gasteiger partial charge is 0.854 e. The molecule has 0 fully saturated rings. The molecule has 0 aliphatic rings. The van der Waals surface area contributed by atoms with Crippen LogP contribution in [0.5, 0.6) is 0 Å². The number of nitrogens with zero attached hydrogens (tertiary/aromatic N) is 2. The van der Waals surface area contributed by atoms with Gasteiger partial charge in [0.25, 0.3) is 0 Å². The lowest BCUT2D eigenvalue weighted by atomic mass is 10.1. The van der Waals surface area contributed by atoms with Crippen molar-refractivity contribution in [1.29, 1.82) is 0 Å². The maximum atomic E-state index is 12.2. The van der Waals surface area contributed by atoms with Gasteiger partial charge in [-0.15, -0.1) is 0 Å². The first-order valence-electron chi connectivity index (χ1n) is 6.72. The Morgan fingerprint density at radius 2 is 1.38 bits per heavy atom. The molecule has 1 aromatic heterocycles. The van der Waals surface area contributed by atoms with Gasteiger partial charge in [0.1, 0.15) is 0 Å². The number of aromatic nitrogens is 1. The van der Waals surface area contributed by atoms with E-state index in [4.69, 9.17) is 0 Å². The highest BCUT2D eigenvalue weighted by Gasteiger charge is 2.11. The number of pyridine rings is 1. The Balaban J connectivity index is 2.04. The smallest absolute Gasteiger partial charge is 0.245 e. The Labute approximate surface area is 123 Å². The van der Waals surface area contributed by atoms with E-state index in [0.717, 1.165) is 11.3 Å². The van der Waals surface area contributed by atoms with Gasteiger partial charge in [-0.3, -0.25) is 0 Å². The summed E-state index contributed by atoms with van der Waals surface area (Å²) >= 11 is 0. The van der Waals surface area contributed by atoms with Crippen LogP contribution >= 0.6 is 0 Å². The standard InChI is InChI=1S/C18H14N2O/c21-18(16-11-5-2-6-12-16)19-20-14-8-7-13-17(20)15-9-3-1-4-10-15/h1-14H. The monoisotopic (exact) mass is 274 g/mol. The fraction of sp³-hybridized carbons (Fsp3) is 0. The van der Waals surface area contributed by atoms with Crippen molar-refractivity contribution in [2.75, 3.05) is 0 Å². The van der Waals surface area contributed by atoms with Gasteiger partial charge >= 0.3 is 0 Å². The SMILES string of the molecule is [O-]/C(=N/[n+]1ccccc1-c1ccccc1)c1ccccc1. The van der Waals surface area contributed by atoms with E-state index in [0.29, 0.717) is 5.56 Å². The Kier molecular flexibility index (Phi) is 3.74. The predicted octanol–water partition coefficient (Wildman–Crippen LogP) is 2.21. The summed E-state index contributed by atoms with van der Waals surface area (Å²) in [5.74, 6) is -0.260. The molecule has 0 atom stereocenters. The molecule has 2 aromatic carbocycles. The quantitative estimate of drug-likeness (QED) is 0.410. The zero-order chi connectivity index (χ0) is 14.5. The van der Waals surface area contributed by atoms with Gasteiger partial charge in [-0.25, -0.2) is 0 Å². The van der Waals surface area contributed by atoms with Crippen LogP contribution in [0.1, 0.15) is 5.56 Å². The first-order valence-corrected chi connectivity index (χ1v) is 6.72. The molecule has 0 N–H and O–H groups in total. The lowest BCUT2D eigenvalue weighted by Crippen LogP contribution is -2.35. The topological polar surface area (TPSA) is 39.3 Å². The van der Waals surface area contributed by atoms with Gasteiger partial charge in [-0.1, -0.05) is 53.2 Å². The van der Waals surface area contributed by atoms with Crippen LogP contribution in [0.2, 0.25) is 0 Å². The highest BCUT2D eigenvalue weighted by molar-refractivity contribution is 5.89. The molecule has 21 heavy (non-hydrogen) atoms. The van der Waals surface area contributed by atoms with Crippen molar-refractivity contribution in [1.82, 2.24) is 0 Å². The van der Waals surface area contributed by atoms with Crippen molar-refractivity contribution in [3.05, 3.63) is 90.6 Å². The third-order valence-electron chi connectivity index (χ3n) is 3.13. The molecule has 3 nitrogen and oxygen atoms in total. The average molecular weight is 274 g/mol. The van der Waals surface area contributed by atoms with E-state index in [1.54, 1.807) is 23.0 Å². The molecule has 102 valence electrons. The maximum absolute atomic E-state index is 12.2. The molecule has 0 aliphatic heterocycles. The lowest BCUT2D eigenvalue weighted by molar-refractivity contribution is -0.670. The van der Waals surface area contributed by atoms with E-state index >= 15 is 0 Å². The summed E-state index contributed by atoms with van der Waals surface area (Å²) in [4.78, 5) is 0. The van der Waals surface area contributed by atoms with Crippen LogP contribution in [0.15, 0.2) is 90.2 Å². The average Bonchev–Trinajstić information content (AvgIpc) is 2.57. The van der Waals surface area contributed by atoms with E-state index in [1.807, 2.05) is 66.7 Å². The highest BCUT2D eigenvalue weighted by atomic mass is 16.3. The van der Waals surface area contributed by atoms with Crippen LogP contribution in [0.3, 0.4) is 0 Å². The van der Waals surface area contributed by atoms with Crippen molar-refractivity contribution in [3.8, 4) is 11.3 Å². The van der Waals surface area contributed by atoms with Gasteiger partial charge in [-0.2, -0.15) is 0 Å². The second-order valence-electron chi connectivity index (χ2n) is 4.57. The number of hydrogen-bond acceptors (Lipinski definition) is 2. The summed E-state index contributed by atoms with van der Waals surface area (Å²) in [5.41, 5.74) is 2.47. The molecule has 0 saturated heterocycles. The zero-order valence-electron chi connectivity index (χ0n) is 11.4. The molecule has 3 rings (SSSR count). The van der Waals surface area contributed by atoms with E-state index in [9.17, 15) is 5.11 Å². The molecule has 0 bridgehead atoms. The molecular weight excluding hydrogens is 260 g/mol. The third-order valence-corrected chi connectivity index (χ3v) is 3.13. The summed E-state index contributed by atoms with van der Waals surface area (Å²) in [6.07, 6.45) is 1.78. The number of rotatable bonds is 3. The summed E-state index contributed by atoms with van der Waals surface area (Å²) < 4.78 is 1.62. The molecule has 0 unspecified atom stereocenters. The molecule has 0 radical (unpaired) electrons. The van der Waals surface area contributed by atoms with Crippen molar-refractivity contribution in [3.63, 3.8) is 0 Å². The molecule has 0 saturated carbocycles. The summed E-state index contributed by atoms with van der Waals surface area (Å²) in [5, 5.41) is 16.4. The fourth-order valence-corrected chi connectivity index (χ4v) is 2.10. The normalized spacial score (nSPS) is 11.3. The van der Waals surface area contributed by atoms with E-state index in [2.05, 4.69) is 5.10 Å². The van der Waals surface area contributed by atoms with Gasteiger partial charge in [0.15, 0.2) is 0 Å². The third kappa shape index (κ3) is 2.98. The van der Waals surface area contributed by atoms with Crippen LogP contribution in [-0.2, 0) is 0 Å². The van der Waals surface area contributed by atoms with E-state index < -0.39 is 0 Å². The zero-order valence-corrected chi connectivity index (χ0v) is 11.4. The first-order chi connectivity index (χ1) is 10.3. The highest BCUT2D eigenvalue weighted by Crippen LogP contribution is 2.13. The minimum Gasteiger partial charge on any atom is -0.854 e. The molecule has 0 spiro atoms. The number of benzene rings is 2. The van der Waals surface area contributed by atoms with Gasteiger partial charge in [0.05, 0.1) is 5.90 Å². The fourth-order valence-electron chi connectivity index (χ4n) is 2.10. The van der Waals surface area contributed by atoms with Crippen molar-refractivity contribution < 1.29 is 9.78 Å². The summed E-state index contributed by atoms with van der Waals surface area (Å²) in [6.45, 7) is 0. The first kappa shape index (κ1) is 13.1. The predicted molar refractivity (Wildman–Crippen MR) is 80.5 cm³/mol. The Hall–Kier alpha value is -2.94. The van der Waals surface area contributed by atoms with Gasteiger partial charge < -0.3 is 5.11 Å². The lowest BCUT2D eigenvalue weighted by Gasteiger charge is -2.07. The van der Waals surface area contributed by atoms with Gasteiger partial charge in [0, 0.05) is 17.7 Å². The van der Waals surface area contributed by atoms with E-state index in [1.165, 1.54) is 0 Å². The van der Waals surface area contributed by atoms with Crippen molar-refractivity contribution in [2.45, 2.75) is 0 Å². The van der Waals surface area contributed by atoms with Crippen LogP contribution in [0.25, 0.3) is 11.3 Å². The maximum Gasteiger partial charge on any atom is 0.245 e. The summed E-state index contributed by atoms with van der Waals surface area (Å²) in [6, 6.07) is 24.7. The minimum absolute atomic E-state index is 0.260. The Morgan fingerprint density at radius 1 is 0.762 bits per heavy atom. The van der Waals surface area contributed by atoms with Crippen LogP contribution in [0.4, 0.5) is 0 Å². The minimum atomic E-state index is -0.260.